The van der Waals surface area contributed by atoms with Crippen molar-refractivity contribution in [1.29, 1.82) is 0 Å². The van der Waals surface area contributed by atoms with Gasteiger partial charge in [0.2, 0.25) is 0 Å². The molecule has 4 aromatic rings. The van der Waals surface area contributed by atoms with Crippen LogP contribution in [0.1, 0.15) is 15.9 Å². The highest BCUT2D eigenvalue weighted by molar-refractivity contribution is 6.00. The highest BCUT2D eigenvalue weighted by atomic mass is 16.4. The van der Waals surface area contributed by atoms with Crippen molar-refractivity contribution in [3.05, 3.63) is 96.1 Å². The molecule has 0 radical (unpaired) electrons. The third-order valence-electron chi connectivity index (χ3n) is 4.87. The average Bonchev–Trinajstić information content (AvgIpc) is 2.72. The molecule has 0 saturated heterocycles. The Hall–Kier alpha value is -3.66. The second-order valence-electron chi connectivity index (χ2n) is 6.81. The Morgan fingerprint density at radius 3 is 1.96 bits per heavy atom. The van der Waals surface area contributed by atoms with Gasteiger partial charge in [0.05, 0.1) is 0 Å². The van der Waals surface area contributed by atoms with Crippen LogP contribution < -0.4 is 5.32 Å². The van der Waals surface area contributed by atoms with E-state index in [0.717, 1.165) is 27.1 Å². The first-order valence-corrected chi connectivity index (χ1v) is 9.10. The number of carbonyl (C=O) groups excluding carboxylic acids is 1. The molecule has 4 heteroatoms. The molecular formula is C24H19NO3. The number of fused-ring (bicyclic) bond motifs is 2. The summed E-state index contributed by atoms with van der Waals surface area (Å²) in [7, 11) is 0. The van der Waals surface area contributed by atoms with Crippen molar-refractivity contribution in [1.82, 2.24) is 5.32 Å². The number of rotatable bonds is 5. The van der Waals surface area contributed by atoms with E-state index in [1.54, 1.807) is 12.1 Å². The minimum absolute atomic E-state index is 0.222. The number of carboxylic acid groups (broad SMARTS) is 1. The molecule has 1 amide bonds. The van der Waals surface area contributed by atoms with E-state index in [1.165, 1.54) is 0 Å². The maximum Gasteiger partial charge on any atom is 0.326 e. The molecule has 0 unspecified atom stereocenters. The van der Waals surface area contributed by atoms with E-state index in [0.29, 0.717) is 5.56 Å². The first kappa shape index (κ1) is 17.7. The largest absolute Gasteiger partial charge is 0.480 e. The zero-order valence-corrected chi connectivity index (χ0v) is 15.1. The summed E-state index contributed by atoms with van der Waals surface area (Å²) < 4.78 is 0. The lowest BCUT2D eigenvalue weighted by molar-refractivity contribution is -0.139. The molecule has 0 heterocycles. The number of hydrogen-bond acceptors (Lipinski definition) is 2. The number of carbonyl (C=O) groups is 2. The van der Waals surface area contributed by atoms with Gasteiger partial charge in [0.1, 0.15) is 6.04 Å². The Morgan fingerprint density at radius 2 is 1.32 bits per heavy atom. The van der Waals surface area contributed by atoms with E-state index < -0.39 is 12.0 Å². The summed E-state index contributed by atoms with van der Waals surface area (Å²) in [4.78, 5) is 24.4. The molecule has 0 fully saturated rings. The fourth-order valence-electron chi connectivity index (χ4n) is 3.37. The maximum atomic E-state index is 12.6. The molecule has 138 valence electrons. The fraction of sp³-hybridized carbons (Fsp3) is 0.0833. The number of hydrogen-bond donors (Lipinski definition) is 2. The lowest BCUT2D eigenvalue weighted by atomic mass is 10.0. The Bertz CT molecular complexity index is 1180. The van der Waals surface area contributed by atoms with Crippen LogP contribution in [-0.2, 0) is 11.2 Å². The van der Waals surface area contributed by atoms with Crippen LogP contribution in [0, 0.1) is 0 Å². The monoisotopic (exact) mass is 369 g/mol. The number of aliphatic carboxylic acids is 1. The van der Waals surface area contributed by atoms with Crippen LogP contribution in [-0.4, -0.2) is 23.0 Å². The summed E-state index contributed by atoms with van der Waals surface area (Å²) in [6.07, 6.45) is 0.222. The molecule has 2 N–H and O–H groups in total. The van der Waals surface area contributed by atoms with Crippen molar-refractivity contribution in [2.45, 2.75) is 12.5 Å². The predicted molar refractivity (Wildman–Crippen MR) is 110 cm³/mol. The molecule has 0 bridgehead atoms. The highest BCUT2D eigenvalue weighted by Crippen LogP contribution is 2.18. The summed E-state index contributed by atoms with van der Waals surface area (Å²) >= 11 is 0. The quantitative estimate of drug-likeness (QED) is 0.547. The van der Waals surface area contributed by atoms with Gasteiger partial charge in [0.25, 0.3) is 5.91 Å². The normalized spacial score (nSPS) is 12.0. The second-order valence-corrected chi connectivity index (χ2v) is 6.81. The highest BCUT2D eigenvalue weighted by Gasteiger charge is 2.21. The van der Waals surface area contributed by atoms with E-state index >= 15 is 0 Å². The van der Waals surface area contributed by atoms with E-state index in [9.17, 15) is 14.7 Å². The van der Waals surface area contributed by atoms with Crippen LogP contribution in [0.15, 0.2) is 84.9 Å². The zero-order valence-electron chi connectivity index (χ0n) is 15.1. The van der Waals surface area contributed by atoms with Crippen LogP contribution in [0.5, 0.6) is 0 Å². The number of carboxylic acids is 1. The van der Waals surface area contributed by atoms with Crippen molar-refractivity contribution < 1.29 is 14.7 Å². The van der Waals surface area contributed by atoms with Crippen LogP contribution >= 0.6 is 0 Å². The summed E-state index contributed by atoms with van der Waals surface area (Å²) in [5.41, 5.74) is 1.31. The predicted octanol–water partition coefficient (Wildman–Crippen LogP) is 4.42. The number of amides is 1. The molecule has 1 atom stereocenters. The minimum Gasteiger partial charge on any atom is -0.480 e. The van der Waals surface area contributed by atoms with Crippen LogP contribution in [0.4, 0.5) is 0 Å². The van der Waals surface area contributed by atoms with Gasteiger partial charge in [-0.15, -0.1) is 0 Å². The van der Waals surface area contributed by atoms with Gasteiger partial charge in [-0.05, 0) is 39.2 Å². The minimum atomic E-state index is -1.05. The third kappa shape index (κ3) is 3.71. The summed E-state index contributed by atoms with van der Waals surface area (Å²) in [5.74, 6) is -1.44. The molecular weight excluding hydrogens is 350 g/mol. The Morgan fingerprint density at radius 1 is 0.750 bits per heavy atom. The molecule has 0 spiro atoms. The molecule has 0 aliphatic heterocycles. The Balaban J connectivity index is 1.55. The topological polar surface area (TPSA) is 66.4 Å². The molecule has 0 aliphatic carbocycles. The Labute approximate surface area is 162 Å². The summed E-state index contributed by atoms with van der Waals surface area (Å²) in [6.45, 7) is 0. The van der Waals surface area contributed by atoms with Gasteiger partial charge in [-0.3, -0.25) is 4.79 Å². The van der Waals surface area contributed by atoms with E-state index in [4.69, 9.17) is 0 Å². The maximum absolute atomic E-state index is 12.6. The van der Waals surface area contributed by atoms with Crippen LogP contribution in [0.2, 0.25) is 0 Å². The van der Waals surface area contributed by atoms with Gasteiger partial charge in [-0.2, -0.15) is 0 Å². The first-order chi connectivity index (χ1) is 13.6. The van der Waals surface area contributed by atoms with E-state index in [-0.39, 0.29) is 12.3 Å². The smallest absolute Gasteiger partial charge is 0.326 e. The van der Waals surface area contributed by atoms with Crippen molar-refractivity contribution in [2.75, 3.05) is 0 Å². The Kier molecular flexibility index (Phi) is 4.77. The van der Waals surface area contributed by atoms with Crippen molar-refractivity contribution >= 4 is 33.4 Å². The van der Waals surface area contributed by atoms with E-state index in [2.05, 4.69) is 5.32 Å². The van der Waals surface area contributed by atoms with Gasteiger partial charge >= 0.3 is 5.97 Å². The lowest BCUT2D eigenvalue weighted by Crippen LogP contribution is -2.42. The van der Waals surface area contributed by atoms with Crippen molar-refractivity contribution in [3.8, 4) is 0 Å². The number of benzene rings is 4. The van der Waals surface area contributed by atoms with Gasteiger partial charge in [-0.25, -0.2) is 4.79 Å². The second kappa shape index (κ2) is 7.53. The summed E-state index contributed by atoms with van der Waals surface area (Å²) in [5, 5.41) is 16.4. The fourth-order valence-corrected chi connectivity index (χ4v) is 3.37. The molecule has 4 nitrogen and oxygen atoms in total. The average molecular weight is 369 g/mol. The van der Waals surface area contributed by atoms with Crippen molar-refractivity contribution in [3.63, 3.8) is 0 Å². The van der Waals surface area contributed by atoms with Crippen molar-refractivity contribution in [2.24, 2.45) is 0 Å². The van der Waals surface area contributed by atoms with Gasteiger partial charge in [0.15, 0.2) is 0 Å². The number of nitrogens with one attached hydrogen (secondary N) is 1. The van der Waals surface area contributed by atoms with Gasteiger partial charge in [-0.1, -0.05) is 72.8 Å². The van der Waals surface area contributed by atoms with E-state index in [1.807, 2.05) is 72.8 Å². The standard InChI is InChI=1S/C24H19NO3/c26-23(21-12-11-18-6-2-4-8-20(18)15-21)25-22(24(27)28)14-16-9-10-17-5-1-3-7-19(17)13-16/h1-13,15,22H,14H2,(H,25,26)(H,27,28)/t22-/m0/s1. The molecule has 4 aromatic carbocycles. The molecule has 28 heavy (non-hydrogen) atoms. The molecule has 0 aromatic heterocycles. The SMILES string of the molecule is O=C(N[C@@H](Cc1ccc2ccccc2c1)C(=O)O)c1ccc2ccccc2c1. The summed E-state index contributed by atoms with van der Waals surface area (Å²) in [6, 6.07) is 25.8. The third-order valence-corrected chi connectivity index (χ3v) is 4.87. The molecule has 4 rings (SSSR count). The zero-order chi connectivity index (χ0) is 19.5. The lowest BCUT2D eigenvalue weighted by Gasteiger charge is -2.15. The van der Waals surface area contributed by atoms with Gasteiger partial charge < -0.3 is 10.4 Å². The van der Waals surface area contributed by atoms with Gasteiger partial charge in [0, 0.05) is 12.0 Å². The first-order valence-electron chi connectivity index (χ1n) is 9.10. The molecule has 0 aliphatic rings. The van der Waals surface area contributed by atoms with Crippen LogP contribution in [0.25, 0.3) is 21.5 Å². The van der Waals surface area contributed by atoms with Crippen LogP contribution in [0.3, 0.4) is 0 Å². The molecule has 0 saturated carbocycles.